The van der Waals surface area contributed by atoms with Crippen molar-refractivity contribution in [2.75, 3.05) is 17.3 Å². The number of hydrogen-bond acceptors (Lipinski definition) is 5. The van der Waals surface area contributed by atoms with Crippen LogP contribution >= 0.6 is 0 Å². The molecule has 0 bridgehead atoms. The standard InChI is InChI=1S/C21H17N3O4/c1-28-15-6-7-17-16(12-15)18(10-11-22-17)23-21(27)13-2-4-14(5-3-13)24-19(25)8-9-20(24)26/h2-7,10-12H,8-9H2,1H3,(H,22,23,27). The average molecular weight is 375 g/mol. The van der Waals surface area contributed by atoms with E-state index < -0.39 is 0 Å². The Hall–Kier alpha value is -3.74. The molecule has 2 heterocycles. The number of benzene rings is 2. The van der Waals surface area contributed by atoms with Crippen LogP contribution in [0.4, 0.5) is 11.4 Å². The van der Waals surface area contributed by atoms with Crippen molar-refractivity contribution in [1.29, 1.82) is 0 Å². The Balaban J connectivity index is 1.58. The highest BCUT2D eigenvalue weighted by Crippen LogP contribution is 2.27. The Morgan fingerprint density at radius 3 is 2.43 bits per heavy atom. The molecule has 0 saturated carbocycles. The van der Waals surface area contributed by atoms with E-state index in [2.05, 4.69) is 10.3 Å². The Bertz CT molecular complexity index is 1080. The van der Waals surface area contributed by atoms with Gasteiger partial charge in [0.2, 0.25) is 11.8 Å². The van der Waals surface area contributed by atoms with Crippen LogP contribution < -0.4 is 15.0 Å². The van der Waals surface area contributed by atoms with Gasteiger partial charge < -0.3 is 10.1 Å². The highest BCUT2D eigenvalue weighted by molar-refractivity contribution is 6.20. The quantitative estimate of drug-likeness (QED) is 0.708. The third-order valence-electron chi connectivity index (χ3n) is 4.64. The van der Waals surface area contributed by atoms with Gasteiger partial charge in [-0.1, -0.05) is 0 Å². The predicted octanol–water partition coefficient (Wildman–Crippen LogP) is 3.15. The van der Waals surface area contributed by atoms with E-state index in [0.29, 0.717) is 22.7 Å². The Morgan fingerprint density at radius 1 is 1.04 bits per heavy atom. The zero-order valence-corrected chi connectivity index (χ0v) is 15.1. The maximum Gasteiger partial charge on any atom is 0.255 e. The first-order valence-electron chi connectivity index (χ1n) is 8.77. The number of methoxy groups -OCH3 is 1. The first-order chi connectivity index (χ1) is 13.6. The molecule has 0 aliphatic carbocycles. The van der Waals surface area contributed by atoms with Gasteiger partial charge in [-0.15, -0.1) is 0 Å². The zero-order valence-electron chi connectivity index (χ0n) is 15.1. The van der Waals surface area contributed by atoms with E-state index in [0.717, 1.165) is 15.8 Å². The number of carbonyl (C=O) groups excluding carboxylic acids is 3. The molecule has 7 nitrogen and oxygen atoms in total. The molecule has 140 valence electrons. The molecule has 1 N–H and O–H groups in total. The van der Waals surface area contributed by atoms with Gasteiger partial charge in [-0.25, -0.2) is 0 Å². The van der Waals surface area contributed by atoms with Crippen molar-refractivity contribution in [3.8, 4) is 5.75 Å². The van der Waals surface area contributed by atoms with Crippen LogP contribution in [0.2, 0.25) is 0 Å². The summed E-state index contributed by atoms with van der Waals surface area (Å²) in [5.41, 5.74) is 2.24. The number of hydrogen-bond donors (Lipinski definition) is 1. The van der Waals surface area contributed by atoms with Crippen LogP contribution in [-0.4, -0.2) is 29.8 Å². The molecule has 0 radical (unpaired) electrons. The van der Waals surface area contributed by atoms with Gasteiger partial charge in [-0.2, -0.15) is 0 Å². The summed E-state index contributed by atoms with van der Waals surface area (Å²) in [4.78, 5) is 41.8. The molecule has 2 aromatic carbocycles. The third-order valence-corrected chi connectivity index (χ3v) is 4.64. The van der Waals surface area contributed by atoms with E-state index in [1.54, 1.807) is 49.7 Å². The van der Waals surface area contributed by atoms with E-state index in [1.165, 1.54) is 0 Å². The fourth-order valence-corrected chi connectivity index (χ4v) is 3.18. The molecule has 0 atom stereocenters. The van der Waals surface area contributed by atoms with E-state index in [-0.39, 0.29) is 30.6 Å². The summed E-state index contributed by atoms with van der Waals surface area (Å²) in [6.45, 7) is 0. The monoisotopic (exact) mass is 375 g/mol. The van der Waals surface area contributed by atoms with Gasteiger partial charge >= 0.3 is 0 Å². The highest BCUT2D eigenvalue weighted by atomic mass is 16.5. The molecule has 0 spiro atoms. The van der Waals surface area contributed by atoms with Gasteiger partial charge in [0.05, 0.1) is 24.0 Å². The molecule has 1 aliphatic rings. The van der Waals surface area contributed by atoms with Crippen molar-refractivity contribution >= 4 is 40.0 Å². The number of nitrogens with one attached hydrogen (secondary N) is 1. The van der Waals surface area contributed by atoms with Gasteiger partial charge in [0.15, 0.2) is 0 Å². The molecular formula is C21H17N3O4. The van der Waals surface area contributed by atoms with Crippen molar-refractivity contribution in [3.05, 3.63) is 60.3 Å². The second kappa shape index (κ2) is 7.11. The summed E-state index contributed by atoms with van der Waals surface area (Å²) >= 11 is 0. The number of pyridine rings is 1. The fourth-order valence-electron chi connectivity index (χ4n) is 3.18. The second-order valence-electron chi connectivity index (χ2n) is 6.37. The molecule has 1 saturated heterocycles. The molecular weight excluding hydrogens is 358 g/mol. The second-order valence-corrected chi connectivity index (χ2v) is 6.37. The predicted molar refractivity (Wildman–Crippen MR) is 104 cm³/mol. The number of rotatable bonds is 4. The number of amides is 3. The normalized spacial score (nSPS) is 13.8. The molecule has 1 aromatic heterocycles. The summed E-state index contributed by atoms with van der Waals surface area (Å²) in [5.74, 6) is -0.0833. The van der Waals surface area contributed by atoms with Gasteiger partial charge in [0.1, 0.15) is 5.75 Å². The Morgan fingerprint density at radius 2 is 1.75 bits per heavy atom. The van der Waals surface area contributed by atoms with Crippen LogP contribution in [0, 0.1) is 0 Å². The SMILES string of the molecule is COc1ccc2nccc(NC(=O)c3ccc(N4C(=O)CCC4=O)cc3)c2c1. The smallest absolute Gasteiger partial charge is 0.255 e. The molecule has 3 amide bonds. The summed E-state index contributed by atoms with van der Waals surface area (Å²) in [6, 6.07) is 13.5. The van der Waals surface area contributed by atoms with Crippen LogP contribution in [0.1, 0.15) is 23.2 Å². The molecule has 28 heavy (non-hydrogen) atoms. The minimum Gasteiger partial charge on any atom is -0.497 e. The molecule has 0 unspecified atom stereocenters. The lowest BCUT2D eigenvalue weighted by Gasteiger charge is -2.14. The first kappa shape index (κ1) is 17.7. The maximum absolute atomic E-state index is 12.7. The molecule has 1 fully saturated rings. The van der Waals surface area contributed by atoms with Crippen LogP contribution in [0.25, 0.3) is 10.9 Å². The first-order valence-corrected chi connectivity index (χ1v) is 8.77. The fraction of sp³-hybridized carbons (Fsp3) is 0.143. The van der Waals surface area contributed by atoms with Gasteiger partial charge in [0, 0.05) is 30.0 Å². The van der Waals surface area contributed by atoms with Crippen molar-refractivity contribution in [3.63, 3.8) is 0 Å². The third kappa shape index (κ3) is 3.18. The highest BCUT2D eigenvalue weighted by Gasteiger charge is 2.30. The molecule has 3 aromatic rings. The topological polar surface area (TPSA) is 88.6 Å². The average Bonchev–Trinajstić information content (AvgIpc) is 3.06. The van der Waals surface area contributed by atoms with Gasteiger partial charge in [0.25, 0.3) is 5.91 Å². The van der Waals surface area contributed by atoms with Crippen molar-refractivity contribution in [1.82, 2.24) is 4.98 Å². The number of imide groups is 1. The van der Waals surface area contributed by atoms with E-state index >= 15 is 0 Å². The maximum atomic E-state index is 12.7. The molecule has 4 rings (SSSR count). The number of fused-ring (bicyclic) bond motifs is 1. The lowest BCUT2D eigenvalue weighted by atomic mass is 10.1. The lowest BCUT2D eigenvalue weighted by molar-refractivity contribution is -0.121. The summed E-state index contributed by atoms with van der Waals surface area (Å²) in [5, 5.41) is 3.64. The lowest BCUT2D eigenvalue weighted by Crippen LogP contribution is -2.28. The Kier molecular flexibility index (Phi) is 4.49. The molecule has 1 aliphatic heterocycles. The largest absolute Gasteiger partial charge is 0.497 e. The van der Waals surface area contributed by atoms with Crippen LogP contribution in [0.15, 0.2) is 54.7 Å². The number of nitrogens with zero attached hydrogens (tertiary/aromatic N) is 2. The minimum atomic E-state index is -0.305. The molecule has 7 heteroatoms. The summed E-state index contributed by atoms with van der Waals surface area (Å²) in [7, 11) is 1.58. The summed E-state index contributed by atoms with van der Waals surface area (Å²) < 4.78 is 5.25. The number of carbonyl (C=O) groups is 3. The Labute approximate surface area is 160 Å². The van der Waals surface area contributed by atoms with Crippen LogP contribution in [0.5, 0.6) is 5.75 Å². The minimum absolute atomic E-state index is 0.222. The van der Waals surface area contributed by atoms with E-state index in [9.17, 15) is 14.4 Å². The summed E-state index contributed by atoms with van der Waals surface area (Å²) in [6.07, 6.45) is 2.07. The van der Waals surface area contributed by atoms with Crippen molar-refractivity contribution in [2.45, 2.75) is 12.8 Å². The zero-order chi connectivity index (χ0) is 19.7. The van der Waals surface area contributed by atoms with Gasteiger partial charge in [-0.3, -0.25) is 24.3 Å². The van der Waals surface area contributed by atoms with Crippen molar-refractivity contribution < 1.29 is 19.1 Å². The number of ether oxygens (including phenoxy) is 1. The van der Waals surface area contributed by atoms with Crippen molar-refractivity contribution in [2.24, 2.45) is 0 Å². The van der Waals surface area contributed by atoms with E-state index in [1.807, 2.05) is 12.1 Å². The van der Waals surface area contributed by atoms with Crippen LogP contribution in [-0.2, 0) is 9.59 Å². The van der Waals surface area contributed by atoms with E-state index in [4.69, 9.17) is 4.74 Å². The van der Waals surface area contributed by atoms with Crippen LogP contribution in [0.3, 0.4) is 0 Å². The van der Waals surface area contributed by atoms with Gasteiger partial charge in [-0.05, 0) is 48.5 Å². The number of aromatic nitrogens is 1. The number of anilines is 2.